The van der Waals surface area contributed by atoms with E-state index < -0.39 is 5.97 Å². The Morgan fingerprint density at radius 1 is 1.24 bits per heavy atom. The van der Waals surface area contributed by atoms with Crippen LogP contribution in [0.4, 0.5) is 11.9 Å². The molecule has 0 spiro atoms. The quantitative estimate of drug-likeness (QED) is 0.668. The van der Waals surface area contributed by atoms with Crippen molar-refractivity contribution >= 4 is 29.2 Å². The number of thiophene rings is 1. The summed E-state index contributed by atoms with van der Waals surface area (Å²) in [4.78, 5) is 25.1. The first-order chi connectivity index (χ1) is 11.9. The van der Waals surface area contributed by atoms with Crippen LogP contribution in [0.1, 0.15) is 32.4 Å². The average Bonchev–Trinajstić information content (AvgIpc) is 3.15. The van der Waals surface area contributed by atoms with Gasteiger partial charge in [0.1, 0.15) is 0 Å². The van der Waals surface area contributed by atoms with Gasteiger partial charge in [0, 0.05) is 16.3 Å². The first kappa shape index (κ1) is 16.9. The molecule has 9 heteroatoms. The van der Waals surface area contributed by atoms with E-state index in [-0.39, 0.29) is 24.3 Å². The minimum Gasteiger partial charge on any atom is -0.454 e. The van der Waals surface area contributed by atoms with E-state index in [9.17, 15) is 4.79 Å². The van der Waals surface area contributed by atoms with Gasteiger partial charge in [-0.25, -0.2) is 4.79 Å². The van der Waals surface area contributed by atoms with Crippen LogP contribution in [-0.4, -0.2) is 25.5 Å². The molecule has 0 bridgehead atoms. The summed E-state index contributed by atoms with van der Waals surface area (Å²) in [5, 5.41) is 2.03. The molecule has 0 unspecified atom stereocenters. The van der Waals surface area contributed by atoms with Gasteiger partial charge in [-0.05, 0) is 31.4 Å². The molecule has 0 saturated heterocycles. The van der Waals surface area contributed by atoms with Crippen LogP contribution in [0.25, 0.3) is 0 Å². The molecule has 4 N–H and O–H groups in total. The Labute approximate surface area is 148 Å². The van der Waals surface area contributed by atoms with Crippen LogP contribution in [0.2, 0.25) is 0 Å². The number of nitrogens with two attached hydrogens (primary N) is 2. The summed E-state index contributed by atoms with van der Waals surface area (Å²) in [6, 6.07) is 5.90. The Morgan fingerprint density at radius 3 is 2.60 bits per heavy atom. The molecule has 0 aromatic carbocycles. The molecular formula is C16H18N6O2S. The second-order valence-corrected chi connectivity index (χ2v) is 6.53. The van der Waals surface area contributed by atoms with Gasteiger partial charge in [0.15, 0.2) is 12.4 Å². The predicted molar refractivity (Wildman–Crippen MR) is 95.1 cm³/mol. The van der Waals surface area contributed by atoms with Gasteiger partial charge in [0.05, 0.1) is 12.1 Å². The fraction of sp³-hybridized carbons (Fsp3) is 0.250. The molecule has 130 valence electrons. The van der Waals surface area contributed by atoms with Crippen molar-refractivity contribution in [2.45, 2.75) is 27.0 Å². The van der Waals surface area contributed by atoms with E-state index in [4.69, 9.17) is 16.2 Å². The molecule has 3 heterocycles. The molecule has 0 amide bonds. The molecular weight excluding hydrogens is 340 g/mol. The van der Waals surface area contributed by atoms with Crippen LogP contribution in [-0.2, 0) is 17.9 Å². The lowest BCUT2D eigenvalue weighted by Crippen LogP contribution is -2.12. The van der Waals surface area contributed by atoms with Crippen molar-refractivity contribution in [3.05, 3.63) is 51.2 Å². The third kappa shape index (κ3) is 3.77. The zero-order valence-electron chi connectivity index (χ0n) is 13.9. The summed E-state index contributed by atoms with van der Waals surface area (Å²) in [6.07, 6.45) is 0. The number of carbonyl (C=O) groups excluding carboxylic acids is 1. The monoisotopic (exact) mass is 358 g/mol. The van der Waals surface area contributed by atoms with Gasteiger partial charge in [-0.1, -0.05) is 6.07 Å². The summed E-state index contributed by atoms with van der Waals surface area (Å²) in [7, 11) is 0. The minimum absolute atomic E-state index is 0.00678. The van der Waals surface area contributed by atoms with E-state index in [1.54, 1.807) is 11.3 Å². The maximum atomic E-state index is 12.4. The van der Waals surface area contributed by atoms with Crippen LogP contribution in [0, 0.1) is 13.8 Å². The van der Waals surface area contributed by atoms with E-state index >= 15 is 0 Å². The summed E-state index contributed by atoms with van der Waals surface area (Å²) in [6.45, 7) is 4.47. The lowest BCUT2D eigenvalue weighted by molar-refractivity contribution is 0.0461. The standard InChI is InChI=1S/C16H18N6O2S/c1-9-6-12(10(2)22(9)7-11-4-3-5-25-11)14(23)24-8-13-19-15(17)21-16(18)20-13/h3-6H,7-8H2,1-2H3,(H4,17,18,19,20,21). The molecule has 8 nitrogen and oxygen atoms in total. The van der Waals surface area contributed by atoms with Crippen molar-refractivity contribution in [1.29, 1.82) is 0 Å². The Morgan fingerprint density at radius 2 is 1.96 bits per heavy atom. The van der Waals surface area contributed by atoms with Crippen molar-refractivity contribution in [1.82, 2.24) is 19.5 Å². The molecule has 0 radical (unpaired) electrons. The SMILES string of the molecule is Cc1cc(C(=O)OCc2nc(N)nc(N)n2)c(C)n1Cc1cccs1. The van der Waals surface area contributed by atoms with Gasteiger partial charge in [0.2, 0.25) is 11.9 Å². The number of anilines is 2. The second kappa shape index (κ2) is 6.89. The van der Waals surface area contributed by atoms with Crippen LogP contribution in [0.15, 0.2) is 23.6 Å². The largest absolute Gasteiger partial charge is 0.454 e. The number of aryl methyl sites for hydroxylation is 1. The van der Waals surface area contributed by atoms with Gasteiger partial charge < -0.3 is 20.8 Å². The molecule has 0 aliphatic heterocycles. The highest BCUT2D eigenvalue weighted by molar-refractivity contribution is 7.09. The number of hydrogen-bond acceptors (Lipinski definition) is 8. The molecule has 3 aromatic heterocycles. The number of hydrogen-bond donors (Lipinski definition) is 2. The molecule has 0 aliphatic rings. The summed E-state index contributed by atoms with van der Waals surface area (Å²) in [5.74, 6) is -0.242. The smallest absolute Gasteiger partial charge is 0.340 e. The van der Waals surface area contributed by atoms with Crippen LogP contribution in [0.3, 0.4) is 0 Å². The Kier molecular flexibility index (Phi) is 4.66. The second-order valence-electron chi connectivity index (χ2n) is 5.49. The van der Waals surface area contributed by atoms with Crippen molar-refractivity contribution in [3.63, 3.8) is 0 Å². The highest BCUT2D eigenvalue weighted by Gasteiger charge is 2.18. The van der Waals surface area contributed by atoms with Crippen molar-refractivity contribution in [2.24, 2.45) is 0 Å². The average molecular weight is 358 g/mol. The van der Waals surface area contributed by atoms with Crippen molar-refractivity contribution < 1.29 is 9.53 Å². The zero-order valence-corrected chi connectivity index (χ0v) is 14.7. The zero-order chi connectivity index (χ0) is 18.0. The van der Waals surface area contributed by atoms with E-state index in [0.29, 0.717) is 5.56 Å². The number of nitrogen functional groups attached to an aromatic ring is 2. The van der Waals surface area contributed by atoms with Gasteiger partial charge in [0.25, 0.3) is 0 Å². The lowest BCUT2D eigenvalue weighted by Gasteiger charge is -2.08. The summed E-state index contributed by atoms with van der Waals surface area (Å²) in [5.41, 5.74) is 13.4. The van der Waals surface area contributed by atoms with Gasteiger partial charge in [-0.2, -0.15) is 15.0 Å². The number of nitrogens with zero attached hydrogens (tertiary/aromatic N) is 4. The van der Waals surface area contributed by atoms with Crippen LogP contribution in [0.5, 0.6) is 0 Å². The van der Waals surface area contributed by atoms with Crippen molar-refractivity contribution in [3.8, 4) is 0 Å². The third-order valence-electron chi connectivity index (χ3n) is 3.74. The summed E-state index contributed by atoms with van der Waals surface area (Å²) < 4.78 is 7.38. The third-order valence-corrected chi connectivity index (χ3v) is 4.60. The first-order valence-corrected chi connectivity index (χ1v) is 8.44. The van der Waals surface area contributed by atoms with Crippen LogP contribution >= 0.6 is 11.3 Å². The van der Waals surface area contributed by atoms with Crippen LogP contribution < -0.4 is 11.5 Å². The molecule has 25 heavy (non-hydrogen) atoms. The molecule has 0 saturated carbocycles. The molecule has 0 aliphatic carbocycles. The maximum Gasteiger partial charge on any atom is 0.340 e. The van der Waals surface area contributed by atoms with E-state index in [1.807, 2.05) is 31.4 Å². The number of esters is 1. The van der Waals surface area contributed by atoms with E-state index in [0.717, 1.165) is 17.9 Å². The van der Waals surface area contributed by atoms with Gasteiger partial charge in [-0.15, -0.1) is 11.3 Å². The Hall–Kier alpha value is -2.94. The Balaban J connectivity index is 1.74. The lowest BCUT2D eigenvalue weighted by atomic mass is 10.2. The van der Waals surface area contributed by atoms with E-state index in [2.05, 4.69) is 25.6 Å². The number of aromatic nitrogens is 4. The fourth-order valence-corrected chi connectivity index (χ4v) is 3.23. The summed E-state index contributed by atoms with van der Waals surface area (Å²) >= 11 is 1.68. The molecule has 3 aromatic rings. The van der Waals surface area contributed by atoms with Gasteiger partial charge >= 0.3 is 5.97 Å². The number of rotatable bonds is 5. The number of carbonyl (C=O) groups is 1. The number of ether oxygens (including phenoxy) is 1. The maximum absolute atomic E-state index is 12.4. The Bertz CT molecular complexity index is 883. The first-order valence-electron chi connectivity index (χ1n) is 7.56. The van der Waals surface area contributed by atoms with E-state index in [1.165, 1.54) is 4.88 Å². The highest BCUT2D eigenvalue weighted by atomic mass is 32.1. The van der Waals surface area contributed by atoms with Gasteiger partial charge in [-0.3, -0.25) is 0 Å². The predicted octanol–water partition coefficient (Wildman–Crippen LogP) is 1.92. The molecule has 0 atom stereocenters. The fourth-order valence-electron chi connectivity index (χ4n) is 2.54. The highest BCUT2D eigenvalue weighted by Crippen LogP contribution is 2.20. The molecule has 3 rings (SSSR count). The minimum atomic E-state index is -0.442. The van der Waals surface area contributed by atoms with Crippen molar-refractivity contribution in [2.75, 3.05) is 11.5 Å². The molecule has 0 fully saturated rings. The normalized spacial score (nSPS) is 10.8. The topological polar surface area (TPSA) is 122 Å².